The highest BCUT2D eigenvalue weighted by Gasteiger charge is 2.25. The number of rotatable bonds is 4. The Labute approximate surface area is 89.4 Å². The normalized spacial score (nSPS) is 17.7. The third kappa shape index (κ3) is 3.42. The first-order valence-corrected chi connectivity index (χ1v) is 5.24. The predicted octanol–water partition coefficient (Wildman–Crippen LogP) is 0.901. The van der Waals surface area contributed by atoms with Crippen molar-refractivity contribution in [3.05, 3.63) is 0 Å². The van der Waals surface area contributed by atoms with Crippen molar-refractivity contribution in [2.75, 3.05) is 13.6 Å². The molecule has 1 rings (SSSR count). The summed E-state index contributed by atoms with van der Waals surface area (Å²) in [7, 11) is 1.48. The van der Waals surface area contributed by atoms with E-state index in [9.17, 15) is 9.59 Å². The zero-order valence-corrected chi connectivity index (χ0v) is 9.19. The summed E-state index contributed by atoms with van der Waals surface area (Å²) < 4.78 is 0. The molecule has 2 N–H and O–H groups in total. The van der Waals surface area contributed by atoms with E-state index in [4.69, 9.17) is 5.11 Å². The summed E-state index contributed by atoms with van der Waals surface area (Å²) in [6.45, 7) is 1.71. The van der Waals surface area contributed by atoms with Crippen LogP contribution in [0.2, 0.25) is 0 Å². The molecule has 86 valence electrons. The minimum Gasteiger partial charge on any atom is -0.480 e. The van der Waals surface area contributed by atoms with Crippen LogP contribution in [0.1, 0.15) is 26.2 Å². The van der Waals surface area contributed by atoms with Gasteiger partial charge in [-0.3, -0.25) is 4.79 Å². The summed E-state index contributed by atoms with van der Waals surface area (Å²) in [6, 6.07) is -0.167. The average Bonchev–Trinajstić information content (AvgIpc) is 1.98. The van der Waals surface area contributed by atoms with Gasteiger partial charge >= 0.3 is 12.0 Å². The van der Waals surface area contributed by atoms with Crippen molar-refractivity contribution >= 4 is 12.0 Å². The Morgan fingerprint density at radius 3 is 2.53 bits per heavy atom. The van der Waals surface area contributed by atoms with Crippen LogP contribution in [0.3, 0.4) is 0 Å². The number of nitrogens with zero attached hydrogens (tertiary/aromatic N) is 1. The zero-order chi connectivity index (χ0) is 11.4. The van der Waals surface area contributed by atoms with Gasteiger partial charge in [-0.15, -0.1) is 0 Å². The molecule has 1 unspecified atom stereocenters. The molecule has 0 aromatic heterocycles. The molecule has 15 heavy (non-hydrogen) atoms. The molecule has 0 saturated heterocycles. The van der Waals surface area contributed by atoms with E-state index in [0.29, 0.717) is 5.92 Å². The second kappa shape index (κ2) is 5.00. The highest BCUT2D eigenvalue weighted by Crippen LogP contribution is 2.29. The van der Waals surface area contributed by atoms with Gasteiger partial charge in [-0.25, -0.2) is 4.79 Å². The number of urea groups is 1. The van der Waals surface area contributed by atoms with Gasteiger partial charge in [0.05, 0.1) is 0 Å². The van der Waals surface area contributed by atoms with Crippen molar-refractivity contribution in [3.8, 4) is 0 Å². The minimum atomic E-state index is -0.996. The number of carboxylic acids is 1. The third-order valence-electron chi connectivity index (χ3n) is 2.93. The van der Waals surface area contributed by atoms with Gasteiger partial charge in [-0.05, 0) is 25.7 Å². The van der Waals surface area contributed by atoms with Crippen LogP contribution in [0.4, 0.5) is 4.79 Å². The number of hydrogen-bond acceptors (Lipinski definition) is 2. The van der Waals surface area contributed by atoms with Crippen molar-refractivity contribution in [1.82, 2.24) is 10.2 Å². The number of hydrogen-bond donors (Lipinski definition) is 2. The summed E-state index contributed by atoms with van der Waals surface area (Å²) in [5.74, 6) is -0.434. The van der Waals surface area contributed by atoms with Gasteiger partial charge in [-0.1, -0.05) is 6.42 Å². The molecule has 0 aromatic rings. The van der Waals surface area contributed by atoms with Crippen LogP contribution in [-0.2, 0) is 4.79 Å². The molecule has 1 aliphatic carbocycles. The number of nitrogens with one attached hydrogen (secondary N) is 1. The Morgan fingerprint density at radius 2 is 2.13 bits per heavy atom. The average molecular weight is 214 g/mol. The van der Waals surface area contributed by atoms with Gasteiger partial charge < -0.3 is 15.3 Å². The highest BCUT2D eigenvalue weighted by molar-refractivity contribution is 5.79. The van der Waals surface area contributed by atoms with Crippen molar-refractivity contribution in [2.45, 2.75) is 32.2 Å². The van der Waals surface area contributed by atoms with Gasteiger partial charge in [0.25, 0.3) is 0 Å². The number of likely N-dealkylation sites (N-methyl/N-ethyl adjacent to an activating group) is 1. The van der Waals surface area contributed by atoms with Crippen LogP contribution >= 0.6 is 0 Å². The van der Waals surface area contributed by atoms with Crippen LogP contribution in [0.5, 0.6) is 0 Å². The van der Waals surface area contributed by atoms with Crippen molar-refractivity contribution in [2.24, 2.45) is 5.92 Å². The molecule has 0 bridgehead atoms. The lowest BCUT2D eigenvalue weighted by Crippen LogP contribution is -2.47. The van der Waals surface area contributed by atoms with Crippen molar-refractivity contribution in [3.63, 3.8) is 0 Å². The van der Waals surface area contributed by atoms with Gasteiger partial charge in [0, 0.05) is 13.1 Å². The fourth-order valence-corrected chi connectivity index (χ4v) is 1.64. The van der Waals surface area contributed by atoms with E-state index in [0.717, 1.165) is 12.8 Å². The number of carbonyl (C=O) groups excluding carboxylic acids is 1. The minimum absolute atomic E-state index is 0.141. The molecule has 1 fully saturated rings. The Bertz CT molecular complexity index is 251. The number of carboxylic acid groups (broad SMARTS) is 1. The fourth-order valence-electron chi connectivity index (χ4n) is 1.64. The molecule has 1 aliphatic rings. The molecule has 1 saturated carbocycles. The van der Waals surface area contributed by atoms with Crippen LogP contribution in [0, 0.1) is 5.92 Å². The van der Waals surface area contributed by atoms with E-state index in [2.05, 4.69) is 5.32 Å². The van der Waals surface area contributed by atoms with Crippen molar-refractivity contribution in [1.29, 1.82) is 0 Å². The van der Waals surface area contributed by atoms with Gasteiger partial charge in [0.2, 0.25) is 0 Å². The zero-order valence-electron chi connectivity index (χ0n) is 9.19. The second-order valence-corrected chi connectivity index (χ2v) is 4.18. The lowest BCUT2D eigenvalue weighted by Gasteiger charge is -2.32. The van der Waals surface area contributed by atoms with Gasteiger partial charge in [0.15, 0.2) is 0 Å². The standard InChI is InChI=1S/C10H18N2O3/c1-7(8-4-3-5-8)11-10(15)12(2)6-9(13)14/h7-8H,3-6H2,1-2H3,(H,11,15)(H,13,14). The van der Waals surface area contributed by atoms with Crippen molar-refractivity contribution < 1.29 is 14.7 Å². The second-order valence-electron chi connectivity index (χ2n) is 4.18. The monoisotopic (exact) mass is 214 g/mol. The first-order valence-electron chi connectivity index (χ1n) is 5.24. The number of amides is 2. The maximum Gasteiger partial charge on any atom is 0.323 e. The van der Waals surface area contributed by atoms with E-state index in [1.165, 1.54) is 18.4 Å². The predicted molar refractivity (Wildman–Crippen MR) is 55.6 cm³/mol. The molecule has 0 aliphatic heterocycles. The maximum absolute atomic E-state index is 11.5. The van der Waals surface area contributed by atoms with Crippen LogP contribution < -0.4 is 5.32 Å². The van der Waals surface area contributed by atoms with E-state index in [1.807, 2.05) is 6.92 Å². The fraction of sp³-hybridized carbons (Fsp3) is 0.800. The molecule has 0 heterocycles. The maximum atomic E-state index is 11.5. The van der Waals surface area contributed by atoms with E-state index >= 15 is 0 Å². The molecule has 0 spiro atoms. The molecule has 0 aromatic carbocycles. The topological polar surface area (TPSA) is 69.6 Å². The lowest BCUT2D eigenvalue weighted by molar-refractivity contribution is -0.137. The van der Waals surface area contributed by atoms with Gasteiger partial charge in [0.1, 0.15) is 6.54 Å². The molecule has 0 radical (unpaired) electrons. The SMILES string of the molecule is CC(NC(=O)N(C)CC(=O)O)C1CCC1. The Morgan fingerprint density at radius 1 is 1.53 bits per heavy atom. The first kappa shape index (κ1) is 11.8. The lowest BCUT2D eigenvalue weighted by atomic mass is 9.80. The summed E-state index contributed by atoms with van der Waals surface area (Å²) in [5, 5.41) is 11.3. The van der Waals surface area contributed by atoms with Crippen LogP contribution in [0.15, 0.2) is 0 Å². The molecule has 2 amide bonds. The highest BCUT2D eigenvalue weighted by atomic mass is 16.4. The smallest absolute Gasteiger partial charge is 0.323 e. The molecule has 5 heteroatoms. The summed E-state index contributed by atoms with van der Waals surface area (Å²) >= 11 is 0. The molecular weight excluding hydrogens is 196 g/mol. The first-order chi connectivity index (χ1) is 7.00. The van der Waals surface area contributed by atoms with Crippen LogP contribution in [-0.4, -0.2) is 41.6 Å². The number of aliphatic carboxylic acids is 1. The van der Waals surface area contributed by atoms with Gasteiger partial charge in [-0.2, -0.15) is 0 Å². The Balaban J connectivity index is 2.30. The van der Waals surface area contributed by atoms with Crippen LogP contribution in [0.25, 0.3) is 0 Å². The van der Waals surface area contributed by atoms with E-state index < -0.39 is 5.97 Å². The molecule has 5 nitrogen and oxygen atoms in total. The summed E-state index contributed by atoms with van der Waals surface area (Å²) in [4.78, 5) is 23.0. The Hall–Kier alpha value is -1.26. The largest absolute Gasteiger partial charge is 0.480 e. The Kier molecular flexibility index (Phi) is 3.94. The molecule has 1 atom stereocenters. The third-order valence-corrected chi connectivity index (χ3v) is 2.93. The molecular formula is C10H18N2O3. The number of carbonyl (C=O) groups is 2. The van der Waals surface area contributed by atoms with E-state index in [-0.39, 0.29) is 18.6 Å². The summed E-state index contributed by atoms with van der Waals surface area (Å²) in [5.41, 5.74) is 0. The van der Waals surface area contributed by atoms with E-state index in [1.54, 1.807) is 0 Å². The summed E-state index contributed by atoms with van der Waals surface area (Å²) in [6.07, 6.45) is 3.55. The quantitative estimate of drug-likeness (QED) is 0.730.